The maximum Gasteiger partial charge on any atom is 0.236 e. The number of likely N-dealkylation sites (tertiary alicyclic amines) is 1. The van der Waals surface area contributed by atoms with Gasteiger partial charge in [-0.25, -0.2) is 0 Å². The van der Waals surface area contributed by atoms with Gasteiger partial charge in [0.15, 0.2) is 0 Å². The summed E-state index contributed by atoms with van der Waals surface area (Å²) in [6, 6.07) is 0.423. The van der Waals surface area contributed by atoms with Crippen LogP contribution in [0.4, 0.5) is 0 Å². The number of carbonyl (C=O) groups excluding carboxylic acids is 1. The van der Waals surface area contributed by atoms with E-state index in [9.17, 15) is 4.79 Å². The van der Waals surface area contributed by atoms with E-state index in [1.165, 1.54) is 0 Å². The van der Waals surface area contributed by atoms with Gasteiger partial charge in [-0.2, -0.15) is 0 Å². The molecule has 0 bridgehead atoms. The smallest absolute Gasteiger partial charge is 0.236 e. The number of hydrogen-bond acceptors (Lipinski definition) is 3. The molecular formula is C10H21ClN2O2. The van der Waals surface area contributed by atoms with Gasteiger partial charge >= 0.3 is 0 Å². The summed E-state index contributed by atoms with van der Waals surface area (Å²) in [7, 11) is 1.66. The Morgan fingerprint density at radius 1 is 1.60 bits per heavy atom. The summed E-state index contributed by atoms with van der Waals surface area (Å²) in [5.74, 6) is 0.214. The molecule has 90 valence electrons. The lowest BCUT2D eigenvalue weighted by atomic mass is 10.2. The second-order valence-corrected chi connectivity index (χ2v) is 3.75. The van der Waals surface area contributed by atoms with Gasteiger partial charge in [-0.15, -0.1) is 12.4 Å². The third-order valence-corrected chi connectivity index (χ3v) is 2.63. The van der Waals surface area contributed by atoms with Gasteiger partial charge in [-0.3, -0.25) is 4.79 Å². The molecule has 0 radical (unpaired) electrons. The van der Waals surface area contributed by atoms with Crippen LogP contribution in [0.15, 0.2) is 0 Å². The number of nitrogens with zero attached hydrogens (tertiary/aromatic N) is 1. The van der Waals surface area contributed by atoms with Crippen LogP contribution in [0.3, 0.4) is 0 Å². The Labute approximate surface area is 97.8 Å². The number of hydrogen-bond donors (Lipinski definition) is 1. The van der Waals surface area contributed by atoms with Gasteiger partial charge in [0.1, 0.15) is 0 Å². The molecule has 0 aromatic rings. The minimum Gasteiger partial charge on any atom is -0.383 e. The molecule has 1 N–H and O–H groups in total. The quantitative estimate of drug-likeness (QED) is 0.713. The molecule has 1 amide bonds. The zero-order valence-electron chi connectivity index (χ0n) is 9.49. The second kappa shape index (κ2) is 7.91. The fourth-order valence-corrected chi connectivity index (χ4v) is 1.77. The van der Waals surface area contributed by atoms with E-state index in [-0.39, 0.29) is 18.3 Å². The number of carbonyl (C=O) groups is 1. The summed E-state index contributed by atoms with van der Waals surface area (Å²) in [5, 5.41) is 3.07. The zero-order chi connectivity index (χ0) is 10.4. The fraction of sp³-hybridized carbons (Fsp3) is 0.900. The summed E-state index contributed by atoms with van der Waals surface area (Å²) in [5.41, 5.74) is 0. The molecule has 0 saturated carbocycles. The lowest BCUT2D eigenvalue weighted by molar-refractivity contribution is -0.130. The number of nitrogens with one attached hydrogen (secondary N) is 1. The predicted octanol–water partition coefficient (Wildman–Crippen LogP) is 0.655. The number of amides is 1. The number of rotatable bonds is 5. The molecule has 0 aliphatic carbocycles. The van der Waals surface area contributed by atoms with Crippen LogP contribution in [-0.2, 0) is 9.53 Å². The van der Waals surface area contributed by atoms with Crippen LogP contribution >= 0.6 is 12.4 Å². The van der Waals surface area contributed by atoms with Crippen molar-refractivity contribution in [2.24, 2.45) is 0 Å². The SMILES string of the molecule is COCCNCC(=O)N1CCCC1C.Cl. The van der Waals surface area contributed by atoms with E-state index in [1.807, 2.05) is 4.90 Å². The third kappa shape index (κ3) is 4.82. The second-order valence-electron chi connectivity index (χ2n) is 3.75. The predicted molar refractivity (Wildman–Crippen MR) is 62.4 cm³/mol. The van der Waals surface area contributed by atoms with Gasteiger partial charge in [-0.05, 0) is 19.8 Å². The third-order valence-electron chi connectivity index (χ3n) is 2.63. The van der Waals surface area contributed by atoms with Crippen molar-refractivity contribution < 1.29 is 9.53 Å². The van der Waals surface area contributed by atoms with Crippen LogP contribution in [-0.4, -0.2) is 50.2 Å². The Kier molecular flexibility index (Phi) is 7.74. The molecule has 0 aromatic carbocycles. The normalized spacial score (nSPS) is 20.1. The van der Waals surface area contributed by atoms with Crippen molar-refractivity contribution in [2.75, 3.05) is 33.4 Å². The molecule has 1 atom stereocenters. The Balaban J connectivity index is 0.00000196. The maximum atomic E-state index is 11.6. The van der Waals surface area contributed by atoms with Gasteiger partial charge in [0, 0.05) is 26.2 Å². The van der Waals surface area contributed by atoms with Crippen molar-refractivity contribution in [1.82, 2.24) is 10.2 Å². The fourth-order valence-electron chi connectivity index (χ4n) is 1.77. The highest BCUT2D eigenvalue weighted by molar-refractivity contribution is 5.85. The van der Waals surface area contributed by atoms with Crippen LogP contribution in [0.25, 0.3) is 0 Å². The molecule has 15 heavy (non-hydrogen) atoms. The van der Waals surface area contributed by atoms with E-state index < -0.39 is 0 Å². The van der Waals surface area contributed by atoms with Gasteiger partial charge in [0.25, 0.3) is 0 Å². The summed E-state index contributed by atoms with van der Waals surface area (Å²) >= 11 is 0. The molecular weight excluding hydrogens is 216 g/mol. The summed E-state index contributed by atoms with van der Waals surface area (Å²) < 4.78 is 4.88. The van der Waals surface area contributed by atoms with Crippen LogP contribution < -0.4 is 5.32 Å². The lowest BCUT2D eigenvalue weighted by Gasteiger charge is -2.21. The van der Waals surface area contributed by atoms with Gasteiger partial charge in [0.2, 0.25) is 5.91 Å². The molecule has 1 aliphatic rings. The van der Waals surface area contributed by atoms with E-state index in [2.05, 4.69) is 12.2 Å². The zero-order valence-corrected chi connectivity index (χ0v) is 10.3. The van der Waals surface area contributed by atoms with Crippen LogP contribution in [0.1, 0.15) is 19.8 Å². The standard InChI is InChI=1S/C10H20N2O2.ClH/c1-9-4-3-6-12(9)10(13)8-11-5-7-14-2;/h9,11H,3-8H2,1-2H3;1H. The van der Waals surface area contributed by atoms with Gasteiger partial charge in [0.05, 0.1) is 13.2 Å². The Morgan fingerprint density at radius 2 is 2.33 bits per heavy atom. The Morgan fingerprint density at radius 3 is 2.87 bits per heavy atom. The van der Waals surface area contributed by atoms with Crippen molar-refractivity contribution in [3.8, 4) is 0 Å². The van der Waals surface area contributed by atoms with Crippen LogP contribution in [0, 0.1) is 0 Å². The molecule has 1 saturated heterocycles. The topological polar surface area (TPSA) is 41.6 Å². The molecule has 0 spiro atoms. The van der Waals surface area contributed by atoms with Crippen molar-refractivity contribution in [2.45, 2.75) is 25.8 Å². The highest BCUT2D eigenvalue weighted by Gasteiger charge is 2.24. The van der Waals surface area contributed by atoms with Crippen molar-refractivity contribution in [1.29, 1.82) is 0 Å². The van der Waals surface area contributed by atoms with Crippen LogP contribution in [0.5, 0.6) is 0 Å². The molecule has 1 fully saturated rings. The Hall–Kier alpha value is -0.320. The first kappa shape index (κ1) is 14.7. The van der Waals surface area contributed by atoms with E-state index in [1.54, 1.807) is 7.11 Å². The average molecular weight is 237 g/mol. The minimum absolute atomic E-state index is 0. The highest BCUT2D eigenvalue weighted by Crippen LogP contribution is 2.15. The number of ether oxygens (including phenoxy) is 1. The summed E-state index contributed by atoms with van der Waals surface area (Å²) in [4.78, 5) is 13.6. The lowest BCUT2D eigenvalue weighted by Crippen LogP contribution is -2.40. The van der Waals surface area contributed by atoms with Gasteiger partial charge < -0.3 is 15.0 Å². The number of methoxy groups -OCH3 is 1. The van der Waals surface area contributed by atoms with Crippen molar-refractivity contribution in [3.63, 3.8) is 0 Å². The average Bonchev–Trinajstić information content (AvgIpc) is 2.59. The first-order chi connectivity index (χ1) is 6.75. The van der Waals surface area contributed by atoms with Crippen LogP contribution in [0.2, 0.25) is 0 Å². The molecule has 5 heteroatoms. The minimum atomic E-state index is 0. The number of halogens is 1. The molecule has 4 nitrogen and oxygen atoms in total. The van der Waals surface area contributed by atoms with E-state index in [0.717, 1.165) is 25.9 Å². The van der Waals surface area contributed by atoms with E-state index in [0.29, 0.717) is 19.2 Å². The van der Waals surface area contributed by atoms with Gasteiger partial charge in [-0.1, -0.05) is 0 Å². The Bertz CT molecular complexity index is 190. The molecule has 1 rings (SSSR count). The monoisotopic (exact) mass is 236 g/mol. The largest absolute Gasteiger partial charge is 0.383 e. The van der Waals surface area contributed by atoms with Crippen molar-refractivity contribution >= 4 is 18.3 Å². The van der Waals surface area contributed by atoms with E-state index >= 15 is 0 Å². The molecule has 1 aliphatic heterocycles. The first-order valence-corrected chi connectivity index (χ1v) is 5.25. The molecule has 1 unspecified atom stereocenters. The maximum absolute atomic E-state index is 11.6. The summed E-state index contributed by atoms with van der Waals surface area (Å²) in [6.45, 7) is 4.87. The first-order valence-electron chi connectivity index (χ1n) is 5.25. The summed E-state index contributed by atoms with van der Waals surface area (Å²) in [6.07, 6.45) is 2.29. The van der Waals surface area contributed by atoms with E-state index in [4.69, 9.17) is 4.74 Å². The molecule has 0 aromatic heterocycles. The highest BCUT2D eigenvalue weighted by atomic mass is 35.5. The van der Waals surface area contributed by atoms with Crippen molar-refractivity contribution in [3.05, 3.63) is 0 Å². The molecule has 1 heterocycles.